The van der Waals surface area contributed by atoms with Crippen LogP contribution in [-0.4, -0.2) is 37.2 Å². The standard InChI is InChI=1S/C15H21BrN2O/c1-19-13-4-5-14(16)15(10-13)17-11-6-8-18-7-2-3-12(18)9-11/h4-5,10-12,17H,2-3,6-9H2,1H3. The van der Waals surface area contributed by atoms with E-state index in [1.54, 1.807) is 7.11 Å². The number of fused-ring (bicyclic) bond motifs is 1. The third kappa shape index (κ3) is 2.90. The minimum absolute atomic E-state index is 0.586. The van der Waals surface area contributed by atoms with Gasteiger partial charge in [0, 0.05) is 29.2 Å². The van der Waals surface area contributed by atoms with Gasteiger partial charge >= 0.3 is 0 Å². The molecule has 2 aliphatic heterocycles. The Morgan fingerprint density at radius 3 is 3.05 bits per heavy atom. The molecule has 3 nitrogen and oxygen atoms in total. The van der Waals surface area contributed by atoms with Crippen molar-refractivity contribution in [2.75, 3.05) is 25.5 Å². The summed E-state index contributed by atoms with van der Waals surface area (Å²) >= 11 is 3.61. The zero-order valence-corrected chi connectivity index (χ0v) is 12.9. The van der Waals surface area contributed by atoms with Gasteiger partial charge in [0.2, 0.25) is 0 Å². The molecule has 2 aliphatic rings. The number of rotatable bonds is 3. The van der Waals surface area contributed by atoms with Crippen molar-refractivity contribution in [3.8, 4) is 5.75 Å². The van der Waals surface area contributed by atoms with E-state index in [2.05, 4.69) is 32.2 Å². The fourth-order valence-electron chi connectivity index (χ4n) is 3.32. The second-order valence-corrected chi connectivity index (χ2v) is 6.40. The second-order valence-electron chi connectivity index (χ2n) is 5.54. The minimum Gasteiger partial charge on any atom is -0.497 e. The fraction of sp³-hybridized carbons (Fsp3) is 0.600. The lowest BCUT2D eigenvalue weighted by atomic mass is 9.97. The summed E-state index contributed by atoms with van der Waals surface area (Å²) in [5, 5.41) is 3.68. The lowest BCUT2D eigenvalue weighted by molar-refractivity contribution is 0.188. The number of benzene rings is 1. The van der Waals surface area contributed by atoms with Crippen LogP contribution in [0.25, 0.3) is 0 Å². The summed E-state index contributed by atoms with van der Waals surface area (Å²) in [5.41, 5.74) is 1.15. The molecule has 0 amide bonds. The number of hydrogen-bond donors (Lipinski definition) is 1. The maximum atomic E-state index is 5.30. The molecule has 1 aromatic rings. The molecule has 1 aromatic carbocycles. The Morgan fingerprint density at radius 1 is 1.32 bits per heavy atom. The van der Waals surface area contributed by atoms with E-state index in [0.29, 0.717) is 6.04 Å². The van der Waals surface area contributed by atoms with Crippen LogP contribution in [0.5, 0.6) is 5.75 Å². The van der Waals surface area contributed by atoms with Gasteiger partial charge in [-0.15, -0.1) is 0 Å². The maximum absolute atomic E-state index is 5.30. The second kappa shape index (κ2) is 5.71. The Bertz CT molecular complexity index is 452. The Hall–Kier alpha value is -0.740. The van der Waals surface area contributed by atoms with Crippen LogP contribution in [0.4, 0.5) is 5.69 Å². The molecule has 0 radical (unpaired) electrons. The van der Waals surface area contributed by atoms with Crippen molar-refractivity contribution >= 4 is 21.6 Å². The molecule has 2 atom stereocenters. The van der Waals surface area contributed by atoms with Gasteiger partial charge in [0.1, 0.15) is 5.75 Å². The van der Waals surface area contributed by atoms with Crippen LogP contribution in [0.1, 0.15) is 25.7 Å². The van der Waals surface area contributed by atoms with Gasteiger partial charge in [-0.3, -0.25) is 0 Å². The third-order valence-corrected chi connectivity index (χ3v) is 5.05. The molecule has 1 N–H and O–H groups in total. The monoisotopic (exact) mass is 324 g/mol. The molecule has 104 valence electrons. The first kappa shape index (κ1) is 13.3. The zero-order valence-electron chi connectivity index (χ0n) is 11.4. The van der Waals surface area contributed by atoms with E-state index >= 15 is 0 Å². The predicted octanol–water partition coefficient (Wildman–Crippen LogP) is 3.50. The topological polar surface area (TPSA) is 24.5 Å². The molecule has 3 rings (SSSR count). The molecular weight excluding hydrogens is 304 g/mol. The number of nitrogens with one attached hydrogen (secondary N) is 1. The highest BCUT2D eigenvalue weighted by molar-refractivity contribution is 9.10. The van der Waals surface area contributed by atoms with Crippen molar-refractivity contribution in [1.29, 1.82) is 0 Å². The Morgan fingerprint density at radius 2 is 2.21 bits per heavy atom. The Kier molecular flexibility index (Phi) is 3.99. The lowest BCUT2D eigenvalue weighted by Crippen LogP contribution is -2.42. The molecule has 2 unspecified atom stereocenters. The van der Waals surface area contributed by atoms with E-state index in [4.69, 9.17) is 4.74 Å². The summed E-state index contributed by atoms with van der Waals surface area (Å²) in [6.07, 6.45) is 5.25. The minimum atomic E-state index is 0.586. The predicted molar refractivity (Wildman–Crippen MR) is 81.9 cm³/mol. The summed E-state index contributed by atoms with van der Waals surface area (Å²) in [4.78, 5) is 2.65. The van der Waals surface area contributed by atoms with Crippen molar-refractivity contribution in [2.24, 2.45) is 0 Å². The number of anilines is 1. The molecule has 2 heterocycles. The highest BCUT2D eigenvalue weighted by Gasteiger charge is 2.31. The maximum Gasteiger partial charge on any atom is 0.121 e. The lowest BCUT2D eigenvalue weighted by Gasteiger charge is -2.35. The van der Waals surface area contributed by atoms with Gasteiger partial charge in [-0.2, -0.15) is 0 Å². The van der Waals surface area contributed by atoms with E-state index in [0.717, 1.165) is 22.0 Å². The van der Waals surface area contributed by atoms with Crippen molar-refractivity contribution < 1.29 is 4.74 Å². The van der Waals surface area contributed by atoms with Crippen LogP contribution in [-0.2, 0) is 0 Å². The summed E-state index contributed by atoms with van der Waals surface area (Å²) in [5.74, 6) is 0.906. The van der Waals surface area contributed by atoms with Crippen LogP contribution in [0, 0.1) is 0 Å². The van der Waals surface area contributed by atoms with Gasteiger partial charge in [0.25, 0.3) is 0 Å². The molecule has 4 heteroatoms. The van der Waals surface area contributed by atoms with Gasteiger partial charge in [0.15, 0.2) is 0 Å². The first-order valence-corrected chi connectivity index (χ1v) is 7.89. The molecule has 2 saturated heterocycles. The average Bonchev–Trinajstić information content (AvgIpc) is 2.89. The SMILES string of the molecule is COc1ccc(Br)c(NC2CCN3CCCC3C2)c1. The first-order valence-electron chi connectivity index (χ1n) is 7.10. The third-order valence-electron chi connectivity index (χ3n) is 4.35. The largest absolute Gasteiger partial charge is 0.497 e. The van der Waals surface area contributed by atoms with Gasteiger partial charge in [-0.25, -0.2) is 0 Å². The Labute approximate surface area is 123 Å². The van der Waals surface area contributed by atoms with Gasteiger partial charge < -0.3 is 15.0 Å². The average molecular weight is 325 g/mol. The van der Waals surface area contributed by atoms with E-state index in [-0.39, 0.29) is 0 Å². The molecule has 2 fully saturated rings. The number of nitrogens with zero attached hydrogens (tertiary/aromatic N) is 1. The molecule has 0 bridgehead atoms. The van der Waals surface area contributed by atoms with E-state index in [1.807, 2.05) is 12.1 Å². The van der Waals surface area contributed by atoms with E-state index in [1.165, 1.54) is 38.8 Å². The molecule has 0 aromatic heterocycles. The van der Waals surface area contributed by atoms with Crippen molar-refractivity contribution in [3.05, 3.63) is 22.7 Å². The first-order chi connectivity index (χ1) is 9.26. The summed E-state index contributed by atoms with van der Waals surface area (Å²) in [6, 6.07) is 7.49. The molecule has 0 aliphatic carbocycles. The summed E-state index contributed by atoms with van der Waals surface area (Å²) < 4.78 is 6.41. The van der Waals surface area contributed by atoms with Gasteiger partial charge in [-0.05, 0) is 60.3 Å². The van der Waals surface area contributed by atoms with Crippen LogP contribution >= 0.6 is 15.9 Å². The van der Waals surface area contributed by atoms with Crippen LogP contribution < -0.4 is 10.1 Å². The summed E-state index contributed by atoms with van der Waals surface area (Å²) in [6.45, 7) is 2.55. The number of hydrogen-bond acceptors (Lipinski definition) is 3. The zero-order chi connectivity index (χ0) is 13.2. The number of halogens is 1. The van der Waals surface area contributed by atoms with Crippen LogP contribution in [0.2, 0.25) is 0 Å². The highest BCUT2D eigenvalue weighted by atomic mass is 79.9. The number of piperidine rings is 1. The van der Waals surface area contributed by atoms with Crippen molar-refractivity contribution in [3.63, 3.8) is 0 Å². The van der Waals surface area contributed by atoms with Crippen molar-refractivity contribution in [2.45, 2.75) is 37.8 Å². The van der Waals surface area contributed by atoms with E-state index < -0.39 is 0 Å². The van der Waals surface area contributed by atoms with Gasteiger partial charge in [0.05, 0.1) is 12.8 Å². The van der Waals surface area contributed by atoms with Gasteiger partial charge in [-0.1, -0.05) is 0 Å². The molecule has 19 heavy (non-hydrogen) atoms. The van der Waals surface area contributed by atoms with Crippen LogP contribution in [0.15, 0.2) is 22.7 Å². The highest BCUT2D eigenvalue weighted by Crippen LogP contribution is 2.32. The van der Waals surface area contributed by atoms with E-state index in [9.17, 15) is 0 Å². The van der Waals surface area contributed by atoms with Crippen molar-refractivity contribution in [1.82, 2.24) is 4.90 Å². The smallest absolute Gasteiger partial charge is 0.121 e. The summed E-state index contributed by atoms with van der Waals surface area (Å²) in [7, 11) is 1.71. The quantitative estimate of drug-likeness (QED) is 0.921. The number of ether oxygens (including phenoxy) is 1. The Balaban J connectivity index is 1.68. The number of methoxy groups -OCH3 is 1. The molecule has 0 spiro atoms. The normalized spacial score (nSPS) is 27.1. The molecule has 0 saturated carbocycles. The molecular formula is C15H21BrN2O. The fourth-order valence-corrected chi connectivity index (χ4v) is 3.68. The van der Waals surface area contributed by atoms with Crippen LogP contribution in [0.3, 0.4) is 0 Å².